The van der Waals surface area contributed by atoms with E-state index in [9.17, 15) is 8.42 Å². The molecule has 138 valence electrons. The average molecular weight is 359 g/mol. The minimum absolute atomic E-state index is 0.123. The minimum Gasteiger partial charge on any atom is -0.494 e. The number of rotatable bonds is 11. The lowest BCUT2D eigenvalue weighted by atomic mass is 10.2. The average Bonchev–Trinajstić information content (AvgIpc) is 2.54. The topological polar surface area (TPSA) is 67.9 Å². The van der Waals surface area contributed by atoms with Crippen molar-refractivity contribution >= 4 is 10.0 Å². The van der Waals surface area contributed by atoms with Gasteiger partial charge in [-0.3, -0.25) is 0 Å². The molecule has 1 aromatic carbocycles. The number of nitrogens with one attached hydrogen (secondary N) is 1. The number of ether oxygens (including phenoxy) is 2. The smallest absolute Gasteiger partial charge is 0.244 e. The summed E-state index contributed by atoms with van der Waals surface area (Å²) in [6, 6.07) is 3.26. The van der Waals surface area contributed by atoms with Crippen molar-refractivity contribution < 1.29 is 17.9 Å². The fourth-order valence-electron chi connectivity index (χ4n) is 2.39. The maximum absolute atomic E-state index is 12.7. The zero-order chi connectivity index (χ0) is 18.2. The Morgan fingerprint density at radius 2 is 1.58 bits per heavy atom. The van der Waals surface area contributed by atoms with E-state index in [1.54, 1.807) is 12.1 Å². The van der Waals surface area contributed by atoms with Crippen LogP contribution in [0, 0.1) is 6.92 Å². The minimum atomic E-state index is -3.66. The number of benzene rings is 1. The van der Waals surface area contributed by atoms with Gasteiger partial charge in [0.2, 0.25) is 10.0 Å². The van der Waals surface area contributed by atoms with Crippen molar-refractivity contribution in [3.63, 3.8) is 0 Å². The normalized spacial score (nSPS) is 11.8. The molecule has 1 rings (SSSR count). The van der Waals surface area contributed by atoms with Gasteiger partial charge in [-0.2, -0.15) is 0 Å². The summed E-state index contributed by atoms with van der Waals surface area (Å²) in [5.74, 6) is 0.916. The molecule has 1 N–H and O–H groups in total. The molecule has 0 aromatic heterocycles. The molecular weight excluding hydrogens is 328 g/mol. The Morgan fingerprint density at radius 1 is 1.00 bits per heavy atom. The maximum atomic E-state index is 12.7. The van der Waals surface area contributed by atoms with E-state index in [-0.39, 0.29) is 4.90 Å². The maximum Gasteiger partial charge on any atom is 0.244 e. The molecular formula is C17H30N2O4S. The highest BCUT2D eigenvalue weighted by Crippen LogP contribution is 2.32. The lowest BCUT2D eigenvalue weighted by Crippen LogP contribution is -2.35. The monoisotopic (exact) mass is 358 g/mol. The lowest BCUT2D eigenvalue weighted by Gasteiger charge is -2.19. The third-order valence-corrected chi connectivity index (χ3v) is 5.23. The van der Waals surface area contributed by atoms with Crippen LogP contribution in [0.15, 0.2) is 17.0 Å². The summed E-state index contributed by atoms with van der Waals surface area (Å²) in [5, 5.41) is 0. The molecule has 0 saturated carbocycles. The van der Waals surface area contributed by atoms with E-state index in [4.69, 9.17) is 9.47 Å². The highest BCUT2D eigenvalue weighted by Gasteiger charge is 2.22. The Kier molecular flexibility index (Phi) is 8.52. The van der Waals surface area contributed by atoms with Crippen LogP contribution in [-0.2, 0) is 10.0 Å². The molecule has 0 aliphatic rings. The molecule has 0 heterocycles. The summed E-state index contributed by atoms with van der Waals surface area (Å²) in [5.41, 5.74) is 0.849. The van der Waals surface area contributed by atoms with E-state index < -0.39 is 10.0 Å². The van der Waals surface area contributed by atoms with Gasteiger partial charge in [0.1, 0.15) is 16.4 Å². The lowest BCUT2D eigenvalue weighted by molar-refractivity contribution is 0.308. The quantitative estimate of drug-likeness (QED) is 0.658. The number of nitrogens with zero attached hydrogens (tertiary/aromatic N) is 1. The Labute approximate surface area is 146 Å². The van der Waals surface area contributed by atoms with Gasteiger partial charge in [-0.1, -0.05) is 13.8 Å². The van der Waals surface area contributed by atoms with Gasteiger partial charge in [-0.15, -0.1) is 0 Å². The standard InChI is InChI=1S/C17H30N2O4S/c1-6-19(7-2)11-10-18-24(20,21)17-13-15(22-8-3)14(5)12-16(17)23-9-4/h12-13,18H,6-11H2,1-5H3. The van der Waals surface area contributed by atoms with E-state index in [1.165, 1.54) is 0 Å². The molecule has 0 saturated heterocycles. The molecule has 1 aromatic rings. The van der Waals surface area contributed by atoms with Crippen LogP contribution in [-0.4, -0.2) is 52.7 Å². The van der Waals surface area contributed by atoms with Crippen LogP contribution in [0.2, 0.25) is 0 Å². The second-order valence-corrected chi connectivity index (χ2v) is 7.09. The number of hydrogen-bond donors (Lipinski definition) is 1. The first kappa shape index (κ1) is 20.7. The van der Waals surface area contributed by atoms with E-state index in [1.807, 2.05) is 20.8 Å². The molecule has 0 spiro atoms. The van der Waals surface area contributed by atoms with Crippen LogP contribution in [0.4, 0.5) is 0 Å². The fourth-order valence-corrected chi connectivity index (χ4v) is 3.55. The molecule has 7 heteroatoms. The molecule has 0 bridgehead atoms. The van der Waals surface area contributed by atoms with Crippen molar-refractivity contribution in [2.24, 2.45) is 0 Å². The predicted octanol–water partition coefficient (Wildman–Crippen LogP) is 2.41. The van der Waals surface area contributed by atoms with Crippen LogP contribution < -0.4 is 14.2 Å². The van der Waals surface area contributed by atoms with Gasteiger partial charge in [0.15, 0.2) is 0 Å². The van der Waals surface area contributed by atoms with Crippen LogP contribution in [0.5, 0.6) is 11.5 Å². The van der Waals surface area contributed by atoms with Gasteiger partial charge in [-0.05, 0) is 45.5 Å². The van der Waals surface area contributed by atoms with Gasteiger partial charge >= 0.3 is 0 Å². The predicted molar refractivity (Wildman–Crippen MR) is 96.5 cm³/mol. The van der Waals surface area contributed by atoms with Crippen molar-refractivity contribution in [2.75, 3.05) is 39.4 Å². The molecule has 0 aliphatic heterocycles. The van der Waals surface area contributed by atoms with Crippen molar-refractivity contribution in [3.8, 4) is 11.5 Å². The number of sulfonamides is 1. The second kappa shape index (κ2) is 9.86. The Balaban J connectivity index is 3.04. The summed E-state index contributed by atoms with van der Waals surface area (Å²) in [4.78, 5) is 2.28. The van der Waals surface area contributed by atoms with Gasteiger partial charge in [0.25, 0.3) is 0 Å². The first-order chi connectivity index (χ1) is 11.4. The molecule has 0 fully saturated rings. The summed E-state index contributed by atoms with van der Waals surface area (Å²) < 4.78 is 39.1. The molecule has 0 amide bonds. The van der Waals surface area contributed by atoms with Gasteiger partial charge < -0.3 is 14.4 Å². The summed E-state index contributed by atoms with van der Waals surface area (Å²) >= 11 is 0. The zero-order valence-corrected chi connectivity index (χ0v) is 16.2. The van der Waals surface area contributed by atoms with Crippen molar-refractivity contribution in [1.82, 2.24) is 9.62 Å². The molecule has 0 unspecified atom stereocenters. The third-order valence-electron chi connectivity index (χ3n) is 3.75. The van der Waals surface area contributed by atoms with Crippen molar-refractivity contribution in [3.05, 3.63) is 17.7 Å². The van der Waals surface area contributed by atoms with Gasteiger partial charge in [-0.25, -0.2) is 13.1 Å². The summed E-state index contributed by atoms with van der Waals surface area (Å²) in [6.07, 6.45) is 0. The number of aryl methyl sites for hydroxylation is 1. The van der Waals surface area contributed by atoms with E-state index >= 15 is 0 Å². The Hall–Kier alpha value is -1.31. The van der Waals surface area contributed by atoms with Crippen molar-refractivity contribution in [1.29, 1.82) is 0 Å². The molecule has 0 atom stereocenters. The summed E-state index contributed by atoms with van der Waals surface area (Å²) in [7, 11) is -3.66. The zero-order valence-electron chi connectivity index (χ0n) is 15.4. The summed E-state index contributed by atoms with van der Waals surface area (Å²) in [6.45, 7) is 13.4. The highest BCUT2D eigenvalue weighted by atomic mass is 32.2. The van der Waals surface area contributed by atoms with E-state index in [2.05, 4.69) is 23.5 Å². The largest absolute Gasteiger partial charge is 0.494 e. The SMILES string of the molecule is CCOc1cc(S(=O)(=O)NCCN(CC)CC)c(OCC)cc1C. The molecule has 6 nitrogen and oxygen atoms in total. The van der Waals surface area contributed by atoms with Crippen molar-refractivity contribution in [2.45, 2.75) is 39.5 Å². The molecule has 24 heavy (non-hydrogen) atoms. The Bertz CT molecular complexity index is 613. The van der Waals surface area contributed by atoms with E-state index in [0.717, 1.165) is 18.7 Å². The van der Waals surface area contributed by atoms with Crippen LogP contribution in [0.25, 0.3) is 0 Å². The Morgan fingerprint density at radius 3 is 2.12 bits per heavy atom. The van der Waals surface area contributed by atoms with Crippen LogP contribution in [0.3, 0.4) is 0 Å². The van der Waals surface area contributed by atoms with Crippen LogP contribution in [0.1, 0.15) is 33.3 Å². The number of likely N-dealkylation sites (N-methyl/N-ethyl adjacent to an activating group) is 1. The molecule has 0 aliphatic carbocycles. The highest BCUT2D eigenvalue weighted by molar-refractivity contribution is 7.89. The number of hydrogen-bond acceptors (Lipinski definition) is 5. The second-order valence-electron chi connectivity index (χ2n) is 5.36. The van der Waals surface area contributed by atoms with Gasteiger partial charge in [0, 0.05) is 19.2 Å². The first-order valence-corrected chi connectivity index (χ1v) is 10.00. The fraction of sp³-hybridized carbons (Fsp3) is 0.647. The third kappa shape index (κ3) is 5.65. The van der Waals surface area contributed by atoms with E-state index in [0.29, 0.717) is 37.8 Å². The molecule has 0 radical (unpaired) electrons. The van der Waals surface area contributed by atoms with Crippen LogP contribution >= 0.6 is 0 Å². The van der Waals surface area contributed by atoms with Gasteiger partial charge in [0.05, 0.1) is 13.2 Å². The first-order valence-electron chi connectivity index (χ1n) is 8.51.